The molecule has 1 saturated heterocycles. The smallest absolute Gasteiger partial charge is 0.383 e. The zero-order chi connectivity index (χ0) is 22.6. The van der Waals surface area contributed by atoms with Gasteiger partial charge in [-0.3, -0.25) is 9.59 Å². The Kier molecular flexibility index (Phi) is 6.73. The number of nitrogens with one attached hydrogen (secondary N) is 2. The molecule has 0 aliphatic carbocycles. The van der Waals surface area contributed by atoms with Gasteiger partial charge < -0.3 is 20.2 Å². The number of piperazine rings is 1. The summed E-state index contributed by atoms with van der Waals surface area (Å²) in [7, 11) is 0. The van der Waals surface area contributed by atoms with E-state index in [0.717, 1.165) is 12.4 Å². The zero-order valence-corrected chi connectivity index (χ0v) is 16.7. The van der Waals surface area contributed by atoms with Crippen molar-refractivity contribution >= 4 is 17.7 Å². The van der Waals surface area contributed by atoms with Crippen LogP contribution in [0.3, 0.4) is 0 Å². The maximum absolute atomic E-state index is 12.6. The Balaban J connectivity index is 1.45. The molecular weight excluding hydrogens is 419 g/mol. The SMILES string of the molecule is Cc1cc(NCC[C@H](O)C(=O)N2CCN(c3ncc(C(F)(F)F)cn3)CC2)n[nH]c1=O. The number of amides is 1. The molecule has 0 unspecified atom stereocenters. The molecule has 1 atom stereocenters. The van der Waals surface area contributed by atoms with Crippen LogP contribution in [0.4, 0.5) is 24.9 Å². The van der Waals surface area contributed by atoms with Crippen LogP contribution < -0.4 is 15.8 Å². The summed E-state index contributed by atoms with van der Waals surface area (Å²) in [6, 6.07) is 1.57. The van der Waals surface area contributed by atoms with Crippen LogP contribution >= 0.6 is 0 Å². The van der Waals surface area contributed by atoms with E-state index in [-0.39, 0.29) is 37.6 Å². The molecule has 1 aliphatic heterocycles. The number of carbonyl (C=O) groups excluding carboxylic acids is 1. The second-order valence-electron chi connectivity index (χ2n) is 7.08. The molecule has 13 heteroatoms. The van der Waals surface area contributed by atoms with Crippen molar-refractivity contribution in [3.05, 3.63) is 39.9 Å². The Morgan fingerprint density at radius 1 is 1.26 bits per heavy atom. The summed E-state index contributed by atoms with van der Waals surface area (Å²) in [6.45, 7) is 3.15. The second kappa shape index (κ2) is 9.29. The van der Waals surface area contributed by atoms with E-state index in [1.807, 2.05) is 0 Å². The van der Waals surface area contributed by atoms with Gasteiger partial charge in [-0.15, -0.1) is 0 Å². The number of halogens is 3. The van der Waals surface area contributed by atoms with Crippen molar-refractivity contribution in [3.63, 3.8) is 0 Å². The number of aromatic amines is 1. The van der Waals surface area contributed by atoms with E-state index in [4.69, 9.17) is 0 Å². The summed E-state index contributed by atoms with van der Waals surface area (Å²) in [5, 5.41) is 19.3. The standard InChI is InChI=1S/C18H22F3N7O3/c1-11-8-14(25-26-15(11)30)22-3-2-13(29)16(31)27-4-6-28(7-5-27)17-23-9-12(10-24-17)18(19,20)21/h8-10,13,29H,2-7H2,1H3,(H,22,25)(H,26,30)/t13-/m0/s1. The number of hydrogen-bond acceptors (Lipinski definition) is 8. The Morgan fingerprint density at radius 2 is 1.90 bits per heavy atom. The highest BCUT2D eigenvalue weighted by molar-refractivity contribution is 5.81. The topological polar surface area (TPSA) is 127 Å². The number of hydrogen-bond donors (Lipinski definition) is 3. The number of aliphatic hydroxyl groups excluding tert-OH is 1. The zero-order valence-electron chi connectivity index (χ0n) is 16.7. The van der Waals surface area contributed by atoms with Gasteiger partial charge in [-0.2, -0.15) is 18.3 Å². The van der Waals surface area contributed by atoms with E-state index in [9.17, 15) is 27.9 Å². The summed E-state index contributed by atoms with van der Waals surface area (Å²) in [5.74, 6) is 0.163. The summed E-state index contributed by atoms with van der Waals surface area (Å²) in [5.41, 5.74) is -0.723. The van der Waals surface area contributed by atoms with Gasteiger partial charge in [-0.25, -0.2) is 15.1 Å². The first-order valence-electron chi connectivity index (χ1n) is 9.56. The van der Waals surface area contributed by atoms with E-state index in [1.54, 1.807) is 17.9 Å². The molecule has 1 fully saturated rings. The first-order valence-corrected chi connectivity index (χ1v) is 9.56. The van der Waals surface area contributed by atoms with E-state index in [1.165, 1.54) is 4.90 Å². The molecule has 0 saturated carbocycles. The van der Waals surface area contributed by atoms with E-state index < -0.39 is 23.8 Å². The van der Waals surface area contributed by atoms with Crippen LogP contribution in [0.25, 0.3) is 0 Å². The van der Waals surface area contributed by atoms with Crippen LogP contribution in [0, 0.1) is 6.92 Å². The minimum absolute atomic E-state index is 0.140. The van der Waals surface area contributed by atoms with E-state index in [2.05, 4.69) is 25.5 Å². The van der Waals surface area contributed by atoms with Crippen molar-refractivity contribution in [2.75, 3.05) is 42.9 Å². The number of rotatable bonds is 6. The third-order valence-electron chi connectivity index (χ3n) is 4.84. The molecule has 168 valence electrons. The number of H-pyrrole nitrogens is 1. The molecule has 3 rings (SSSR count). The van der Waals surface area contributed by atoms with Gasteiger partial charge in [0.1, 0.15) is 11.9 Å². The van der Waals surface area contributed by atoms with Gasteiger partial charge in [0.05, 0.1) is 5.56 Å². The molecule has 0 aromatic carbocycles. The number of carbonyl (C=O) groups is 1. The lowest BCUT2D eigenvalue weighted by atomic mass is 10.2. The predicted octanol–water partition coefficient (Wildman–Crippen LogP) is 0.399. The van der Waals surface area contributed by atoms with Crippen LogP contribution in [0.1, 0.15) is 17.5 Å². The monoisotopic (exact) mass is 441 g/mol. The second-order valence-corrected chi connectivity index (χ2v) is 7.08. The number of aromatic nitrogens is 4. The fourth-order valence-electron chi connectivity index (χ4n) is 3.02. The molecule has 3 heterocycles. The first-order chi connectivity index (χ1) is 14.6. The molecule has 0 spiro atoms. The van der Waals surface area contributed by atoms with Crippen LogP contribution in [0.5, 0.6) is 0 Å². The first kappa shape index (κ1) is 22.5. The lowest BCUT2D eigenvalue weighted by molar-refractivity contribution is -0.140. The highest BCUT2D eigenvalue weighted by atomic mass is 19.4. The summed E-state index contributed by atoms with van der Waals surface area (Å²) >= 11 is 0. The average Bonchev–Trinajstić information content (AvgIpc) is 2.75. The fraction of sp³-hybridized carbons (Fsp3) is 0.500. The largest absolute Gasteiger partial charge is 0.419 e. The lowest BCUT2D eigenvalue weighted by Gasteiger charge is -2.35. The minimum atomic E-state index is -4.50. The van der Waals surface area contributed by atoms with Crippen molar-refractivity contribution in [2.24, 2.45) is 0 Å². The summed E-state index contributed by atoms with van der Waals surface area (Å²) in [4.78, 5) is 34.4. The third-order valence-corrected chi connectivity index (χ3v) is 4.84. The molecule has 2 aromatic rings. The molecule has 31 heavy (non-hydrogen) atoms. The van der Waals surface area contributed by atoms with Crippen molar-refractivity contribution in [3.8, 4) is 0 Å². The number of anilines is 2. The van der Waals surface area contributed by atoms with E-state index in [0.29, 0.717) is 24.5 Å². The molecule has 0 bridgehead atoms. The molecule has 3 N–H and O–H groups in total. The predicted molar refractivity (Wildman–Crippen MR) is 105 cm³/mol. The molecule has 1 amide bonds. The number of nitrogens with zero attached hydrogens (tertiary/aromatic N) is 5. The Bertz CT molecular complexity index is 957. The van der Waals surface area contributed by atoms with Crippen LogP contribution in [-0.4, -0.2) is 74.9 Å². The highest BCUT2D eigenvalue weighted by Crippen LogP contribution is 2.28. The molecule has 2 aromatic heterocycles. The van der Waals surface area contributed by atoms with Gasteiger partial charge in [0, 0.05) is 50.7 Å². The third kappa shape index (κ3) is 5.69. The van der Waals surface area contributed by atoms with Gasteiger partial charge in [-0.05, 0) is 19.4 Å². The molecule has 10 nitrogen and oxygen atoms in total. The van der Waals surface area contributed by atoms with Crippen molar-refractivity contribution < 1.29 is 23.1 Å². The summed E-state index contributed by atoms with van der Waals surface area (Å²) < 4.78 is 37.8. The Morgan fingerprint density at radius 3 is 2.48 bits per heavy atom. The number of aliphatic hydroxyl groups is 1. The van der Waals surface area contributed by atoms with Gasteiger partial charge >= 0.3 is 6.18 Å². The van der Waals surface area contributed by atoms with Gasteiger partial charge in [0.15, 0.2) is 0 Å². The fourth-order valence-corrected chi connectivity index (χ4v) is 3.02. The van der Waals surface area contributed by atoms with Crippen LogP contribution in [-0.2, 0) is 11.0 Å². The number of aryl methyl sites for hydroxylation is 1. The van der Waals surface area contributed by atoms with Gasteiger partial charge in [-0.1, -0.05) is 0 Å². The molecular formula is C18H22F3N7O3. The van der Waals surface area contributed by atoms with Crippen molar-refractivity contribution in [1.29, 1.82) is 0 Å². The Labute approximate surface area is 175 Å². The lowest BCUT2D eigenvalue weighted by Crippen LogP contribution is -2.52. The Hall–Kier alpha value is -3.22. The van der Waals surface area contributed by atoms with Crippen LogP contribution in [0.15, 0.2) is 23.3 Å². The van der Waals surface area contributed by atoms with Gasteiger partial charge in [0.2, 0.25) is 5.95 Å². The van der Waals surface area contributed by atoms with Gasteiger partial charge in [0.25, 0.3) is 11.5 Å². The maximum atomic E-state index is 12.6. The van der Waals surface area contributed by atoms with E-state index >= 15 is 0 Å². The summed E-state index contributed by atoms with van der Waals surface area (Å²) in [6.07, 6.45) is -4.11. The molecule has 1 aliphatic rings. The van der Waals surface area contributed by atoms with Crippen molar-refractivity contribution in [1.82, 2.24) is 25.1 Å². The van der Waals surface area contributed by atoms with Crippen molar-refractivity contribution in [2.45, 2.75) is 25.6 Å². The van der Waals surface area contributed by atoms with Crippen LogP contribution in [0.2, 0.25) is 0 Å². The average molecular weight is 441 g/mol. The maximum Gasteiger partial charge on any atom is 0.419 e. The minimum Gasteiger partial charge on any atom is -0.383 e. The normalized spacial score (nSPS) is 15.6. The highest BCUT2D eigenvalue weighted by Gasteiger charge is 2.32. The number of alkyl halides is 3. The quantitative estimate of drug-likeness (QED) is 0.588. The molecule has 0 radical (unpaired) electrons.